The average Bonchev–Trinajstić information content (AvgIpc) is 2.75. The largest absolute Gasteiger partial charge is 0.442 e. The Morgan fingerprint density at radius 2 is 1.78 bits per heavy atom. The maximum Gasteiger partial charge on any atom is 0.439 e. The lowest BCUT2D eigenvalue weighted by Crippen LogP contribution is -2.35. The third kappa shape index (κ3) is 9.92. The molecule has 5 nitrogen and oxygen atoms in total. The van der Waals surface area contributed by atoms with Gasteiger partial charge in [-0.05, 0) is 59.1 Å². The Morgan fingerprint density at radius 1 is 1.22 bits per heavy atom. The Morgan fingerprint density at radius 3 is 2.26 bits per heavy atom. The minimum Gasteiger partial charge on any atom is -0.442 e. The number of allylic oxidation sites excluding steroid dienone is 5. The zero-order chi connectivity index (χ0) is 18.1. The summed E-state index contributed by atoms with van der Waals surface area (Å²) in [4.78, 5) is 11.7. The lowest BCUT2D eigenvalue weighted by atomic mass is 10.1. The molecular weight excluding hydrogens is 294 g/mol. The molecule has 0 bridgehead atoms. The standard InChI is InChI=1S/C13H19NO3.C5H12O/c1-4-13(2,3)17-12(15)14(16)11-9-7-5-6-8-10-11;1-4-5(2,3)6/h5,7-10,16H,4,6H2,1-3H3;6H,4H2,1-3H3. The molecule has 0 unspecified atom stereocenters. The molecule has 1 rings (SSSR count). The topological polar surface area (TPSA) is 70.0 Å². The summed E-state index contributed by atoms with van der Waals surface area (Å²) in [7, 11) is 0. The molecule has 0 saturated carbocycles. The molecule has 1 amide bonds. The van der Waals surface area contributed by atoms with Gasteiger partial charge in [-0.1, -0.05) is 32.1 Å². The van der Waals surface area contributed by atoms with E-state index in [1.807, 2.05) is 26.0 Å². The second-order valence-electron chi connectivity index (χ2n) is 6.62. The highest BCUT2D eigenvalue weighted by Gasteiger charge is 2.25. The van der Waals surface area contributed by atoms with Crippen LogP contribution in [0.5, 0.6) is 0 Å². The lowest BCUT2D eigenvalue weighted by Gasteiger charge is -2.26. The van der Waals surface area contributed by atoms with Crippen molar-refractivity contribution in [3.8, 4) is 0 Å². The first kappa shape index (κ1) is 21.4. The molecule has 2 N–H and O–H groups in total. The summed E-state index contributed by atoms with van der Waals surface area (Å²) >= 11 is 0. The number of hydrogen-bond acceptors (Lipinski definition) is 4. The van der Waals surface area contributed by atoms with Gasteiger partial charge >= 0.3 is 6.09 Å². The fourth-order valence-corrected chi connectivity index (χ4v) is 1.17. The first-order valence-electron chi connectivity index (χ1n) is 8.00. The minimum atomic E-state index is -0.761. The van der Waals surface area contributed by atoms with E-state index < -0.39 is 17.3 Å². The molecule has 0 heterocycles. The summed E-state index contributed by atoms with van der Waals surface area (Å²) in [6, 6.07) is 0. The number of nitrogens with zero attached hydrogens (tertiary/aromatic N) is 1. The van der Waals surface area contributed by atoms with Crippen LogP contribution in [0.3, 0.4) is 0 Å². The van der Waals surface area contributed by atoms with E-state index in [9.17, 15) is 10.0 Å². The van der Waals surface area contributed by atoms with Gasteiger partial charge in [0.25, 0.3) is 0 Å². The predicted molar refractivity (Wildman–Crippen MR) is 92.0 cm³/mol. The van der Waals surface area contributed by atoms with Crippen molar-refractivity contribution in [3.63, 3.8) is 0 Å². The van der Waals surface area contributed by atoms with Crippen molar-refractivity contribution in [3.05, 3.63) is 36.1 Å². The van der Waals surface area contributed by atoms with E-state index in [0.717, 1.165) is 12.8 Å². The van der Waals surface area contributed by atoms with Crippen molar-refractivity contribution in [2.45, 2.75) is 72.0 Å². The van der Waals surface area contributed by atoms with Gasteiger partial charge in [0, 0.05) is 0 Å². The van der Waals surface area contributed by atoms with E-state index in [1.54, 1.807) is 45.9 Å². The monoisotopic (exact) mass is 325 g/mol. The van der Waals surface area contributed by atoms with Crippen molar-refractivity contribution in [1.82, 2.24) is 5.06 Å². The molecule has 1 aliphatic carbocycles. The highest BCUT2D eigenvalue weighted by Crippen LogP contribution is 2.17. The smallest absolute Gasteiger partial charge is 0.439 e. The Bertz CT molecular complexity index is 456. The van der Waals surface area contributed by atoms with Crippen LogP contribution < -0.4 is 0 Å². The van der Waals surface area contributed by atoms with Gasteiger partial charge in [0.05, 0.1) is 11.3 Å². The van der Waals surface area contributed by atoms with Crippen molar-refractivity contribution in [1.29, 1.82) is 0 Å². The Kier molecular flexibility index (Phi) is 8.87. The molecule has 0 radical (unpaired) electrons. The molecule has 132 valence electrons. The van der Waals surface area contributed by atoms with E-state index in [1.165, 1.54) is 0 Å². The van der Waals surface area contributed by atoms with Crippen LogP contribution in [-0.2, 0) is 4.74 Å². The van der Waals surface area contributed by atoms with Crippen LogP contribution in [0, 0.1) is 0 Å². The first-order valence-corrected chi connectivity index (χ1v) is 8.00. The maximum absolute atomic E-state index is 11.7. The number of amides is 1. The molecule has 0 aromatic heterocycles. The molecule has 1 aliphatic rings. The third-order valence-corrected chi connectivity index (χ3v) is 3.46. The molecule has 0 fully saturated rings. The maximum atomic E-state index is 11.7. The van der Waals surface area contributed by atoms with Crippen LogP contribution in [-0.4, -0.2) is 32.7 Å². The van der Waals surface area contributed by atoms with Crippen LogP contribution in [0.2, 0.25) is 0 Å². The summed E-state index contributed by atoms with van der Waals surface area (Å²) in [5.41, 5.74) is -0.640. The van der Waals surface area contributed by atoms with Crippen LogP contribution in [0.4, 0.5) is 4.79 Å². The summed E-state index contributed by atoms with van der Waals surface area (Å²) in [6.45, 7) is 11.1. The minimum absolute atomic E-state index is 0.399. The van der Waals surface area contributed by atoms with Crippen LogP contribution in [0.15, 0.2) is 36.1 Å². The second kappa shape index (κ2) is 9.53. The number of carbonyl (C=O) groups excluding carboxylic acids is 1. The van der Waals surface area contributed by atoms with Gasteiger partial charge in [-0.25, -0.2) is 4.79 Å². The summed E-state index contributed by atoms with van der Waals surface area (Å²) in [5.74, 6) is 0. The van der Waals surface area contributed by atoms with E-state index >= 15 is 0 Å². The molecule has 0 aromatic rings. The number of hydrogen-bond donors (Lipinski definition) is 2. The quantitative estimate of drug-likeness (QED) is 0.587. The Balaban J connectivity index is 0.000000688. The molecule has 0 spiro atoms. The van der Waals surface area contributed by atoms with E-state index in [0.29, 0.717) is 17.2 Å². The normalized spacial score (nSPS) is 14.3. The summed E-state index contributed by atoms with van der Waals surface area (Å²) in [5, 5.41) is 19.1. The average molecular weight is 325 g/mol. The second-order valence-corrected chi connectivity index (χ2v) is 6.62. The number of rotatable bonds is 4. The van der Waals surface area contributed by atoms with E-state index in [2.05, 4.69) is 0 Å². The summed E-state index contributed by atoms with van der Waals surface area (Å²) < 4.78 is 5.18. The molecule has 0 aromatic carbocycles. The van der Waals surface area contributed by atoms with Gasteiger partial charge < -0.3 is 9.84 Å². The van der Waals surface area contributed by atoms with Gasteiger partial charge in [0.2, 0.25) is 0 Å². The van der Waals surface area contributed by atoms with Crippen molar-refractivity contribution >= 4 is 6.09 Å². The summed E-state index contributed by atoms with van der Waals surface area (Å²) in [6.07, 6.45) is 10.4. The Hall–Kier alpha value is -1.59. The van der Waals surface area contributed by atoms with Gasteiger partial charge in [-0.2, -0.15) is 5.06 Å². The highest BCUT2D eigenvalue weighted by molar-refractivity contribution is 5.69. The van der Waals surface area contributed by atoms with Crippen molar-refractivity contribution < 1.29 is 19.8 Å². The third-order valence-electron chi connectivity index (χ3n) is 3.46. The number of carbonyl (C=O) groups is 1. The Labute approximate surface area is 139 Å². The molecule has 0 atom stereocenters. The van der Waals surface area contributed by atoms with Gasteiger partial charge in [0.15, 0.2) is 0 Å². The fraction of sp³-hybridized carbons (Fsp3) is 0.611. The zero-order valence-electron chi connectivity index (χ0n) is 15.2. The van der Waals surface area contributed by atoms with Gasteiger partial charge in [-0.3, -0.25) is 5.21 Å². The first-order chi connectivity index (χ1) is 10.5. The fourth-order valence-electron chi connectivity index (χ4n) is 1.17. The van der Waals surface area contributed by atoms with Gasteiger partial charge in [0.1, 0.15) is 5.60 Å². The van der Waals surface area contributed by atoms with Crippen LogP contribution >= 0.6 is 0 Å². The predicted octanol–water partition coefficient (Wildman–Crippen LogP) is 4.57. The molecule has 5 heteroatoms. The molecular formula is C18H31NO4. The van der Waals surface area contributed by atoms with Crippen molar-refractivity contribution in [2.24, 2.45) is 0 Å². The van der Waals surface area contributed by atoms with Crippen LogP contribution in [0.1, 0.15) is 60.8 Å². The number of ether oxygens (including phenoxy) is 1. The van der Waals surface area contributed by atoms with Gasteiger partial charge in [-0.15, -0.1) is 0 Å². The molecule has 0 saturated heterocycles. The van der Waals surface area contributed by atoms with E-state index in [4.69, 9.17) is 9.84 Å². The van der Waals surface area contributed by atoms with Crippen LogP contribution in [0.25, 0.3) is 0 Å². The molecule has 23 heavy (non-hydrogen) atoms. The number of aliphatic hydroxyl groups is 1. The zero-order valence-corrected chi connectivity index (χ0v) is 15.2. The van der Waals surface area contributed by atoms with E-state index in [-0.39, 0.29) is 0 Å². The number of hydroxylamine groups is 2. The lowest BCUT2D eigenvalue weighted by molar-refractivity contribution is -0.0726. The SMILES string of the molecule is CCC(C)(C)O.CCC(C)(C)OC(=O)N(O)C1=CC=CCC=C1. The van der Waals surface area contributed by atoms with Crippen molar-refractivity contribution in [2.75, 3.05) is 0 Å². The molecule has 0 aliphatic heterocycles. The highest BCUT2D eigenvalue weighted by atomic mass is 16.6.